The smallest absolute Gasteiger partial charge is 0.150 e. The molecular weight excluding hydrogens is 211 g/mol. The van der Waals surface area contributed by atoms with Gasteiger partial charge in [0, 0.05) is 10.9 Å². The summed E-state index contributed by atoms with van der Waals surface area (Å²) in [4.78, 5) is 10.4. The molecule has 0 fully saturated rings. The molecule has 0 saturated carbocycles. The van der Waals surface area contributed by atoms with Gasteiger partial charge in [0.25, 0.3) is 0 Å². The number of benzene rings is 1. The van der Waals surface area contributed by atoms with Gasteiger partial charge in [-0.15, -0.1) is 0 Å². The summed E-state index contributed by atoms with van der Waals surface area (Å²) in [5, 5.41) is 0.571. The Labute approximate surface area is 72.4 Å². The standard InChI is InChI=1S/C8H6BrFO/c9-4-6-1-2-8(10)3-7(6)5-11/h1-3,5H,4H2. The van der Waals surface area contributed by atoms with Crippen LogP contribution in [0.2, 0.25) is 0 Å². The van der Waals surface area contributed by atoms with Crippen molar-refractivity contribution in [1.82, 2.24) is 0 Å². The minimum Gasteiger partial charge on any atom is -0.298 e. The van der Waals surface area contributed by atoms with Gasteiger partial charge in [-0.2, -0.15) is 0 Å². The number of rotatable bonds is 2. The molecule has 1 rings (SSSR count). The molecule has 0 aliphatic heterocycles. The van der Waals surface area contributed by atoms with Crippen molar-refractivity contribution in [1.29, 1.82) is 0 Å². The third-order valence-corrected chi connectivity index (χ3v) is 1.98. The van der Waals surface area contributed by atoms with Crippen LogP contribution in [0.1, 0.15) is 15.9 Å². The van der Waals surface area contributed by atoms with Crippen molar-refractivity contribution in [3.05, 3.63) is 35.1 Å². The molecule has 58 valence electrons. The van der Waals surface area contributed by atoms with Gasteiger partial charge in [0.2, 0.25) is 0 Å². The van der Waals surface area contributed by atoms with Crippen LogP contribution in [-0.2, 0) is 5.33 Å². The molecule has 0 aliphatic rings. The quantitative estimate of drug-likeness (QED) is 0.549. The zero-order valence-electron chi connectivity index (χ0n) is 5.68. The van der Waals surface area contributed by atoms with Crippen LogP contribution in [0.4, 0.5) is 4.39 Å². The Bertz CT molecular complexity index is 273. The van der Waals surface area contributed by atoms with Gasteiger partial charge in [0.15, 0.2) is 0 Å². The lowest BCUT2D eigenvalue weighted by molar-refractivity contribution is 0.112. The van der Waals surface area contributed by atoms with Crippen molar-refractivity contribution < 1.29 is 9.18 Å². The van der Waals surface area contributed by atoms with Crippen molar-refractivity contribution in [2.24, 2.45) is 0 Å². The summed E-state index contributed by atoms with van der Waals surface area (Å²) in [5.74, 6) is -0.378. The third-order valence-electron chi connectivity index (χ3n) is 1.38. The molecule has 1 aromatic carbocycles. The lowest BCUT2D eigenvalue weighted by atomic mass is 10.1. The second-order valence-electron chi connectivity index (χ2n) is 2.09. The van der Waals surface area contributed by atoms with Crippen molar-refractivity contribution in [2.75, 3.05) is 0 Å². The normalized spacial score (nSPS) is 9.64. The fourth-order valence-corrected chi connectivity index (χ4v) is 1.31. The molecule has 0 aromatic heterocycles. The number of halogens is 2. The highest BCUT2D eigenvalue weighted by Gasteiger charge is 2.00. The molecule has 11 heavy (non-hydrogen) atoms. The Hall–Kier alpha value is -0.700. The maximum atomic E-state index is 12.5. The minimum atomic E-state index is -0.378. The summed E-state index contributed by atoms with van der Waals surface area (Å²) in [6.07, 6.45) is 0.652. The van der Waals surface area contributed by atoms with E-state index in [0.717, 1.165) is 5.56 Å². The maximum Gasteiger partial charge on any atom is 0.150 e. The van der Waals surface area contributed by atoms with E-state index in [9.17, 15) is 9.18 Å². The average molecular weight is 217 g/mol. The molecule has 0 unspecified atom stereocenters. The van der Waals surface area contributed by atoms with E-state index in [0.29, 0.717) is 17.2 Å². The molecular formula is C8H6BrFO. The maximum absolute atomic E-state index is 12.5. The van der Waals surface area contributed by atoms with Crippen molar-refractivity contribution in [3.8, 4) is 0 Å². The van der Waals surface area contributed by atoms with Crippen molar-refractivity contribution in [3.63, 3.8) is 0 Å². The Morgan fingerprint density at radius 3 is 2.82 bits per heavy atom. The highest BCUT2D eigenvalue weighted by Crippen LogP contribution is 2.12. The first-order chi connectivity index (χ1) is 5.27. The van der Waals surface area contributed by atoms with Crippen LogP contribution in [0.5, 0.6) is 0 Å². The van der Waals surface area contributed by atoms with Gasteiger partial charge in [-0.25, -0.2) is 4.39 Å². The molecule has 1 nitrogen and oxygen atoms in total. The molecule has 0 spiro atoms. The van der Waals surface area contributed by atoms with Gasteiger partial charge in [-0.1, -0.05) is 22.0 Å². The number of carbonyl (C=O) groups is 1. The molecule has 0 amide bonds. The number of hydrogen-bond donors (Lipinski definition) is 0. The monoisotopic (exact) mass is 216 g/mol. The second kappa shape index (κ2) is 3.62. The van der Waals surface area contributed by atoms with Crippen LogP contribution in [0.15, 0.2) is 18.2 Å². The largest absolute Gasteiger partial charge is 0.298 e. The Kier molecular flexibility index (Phi) is 2.76. The Morgan fingerprint density at radius 1 is 1.55 bits per heavy atom. The van der Waals surface area contributed by atoms with Crippen molar-refractivity contribution in [2.45, 2.75) is 5.33 Å². The van der Waals surface area contributed by atoms with Gasteiger partial charge >= 0.3 is 0 Å². The first-order valence-corrected chi connectivity index (χ1v) is 4.19. The molecule has 0 saturated heterocycles. The lowest BCUT2D eigenvalue weighted by Gasteiger charge is -1.98. The molecule has 0 radical (unpaired) electrons. The van der Waals surface area contributed by atoms with Gasteiger partial charge < -0.3 is 0 Å². The molecule has 3 heteroatoms. The summed E-state index contributed by atoms with van der Waals surface area (Å²) in [6.45, 7) is 0. The number of alkyl halides is 1. The third kappa shape index (κ3) is 1.87. The average Bonchev–Trinajstić information content (AvgIpc) is 2.04. The van der Waals surface area contributed by atoms with Gasteiger partial charge in [0.05, 0.1) is 0 Å². The summed E-state index contributed by atoms with van der Waals surface area (Å²) < 4.78 is 12.5. The minimum absolute atomic E-state index is 0.378. The number of hydrogen-bond acceptors (Lipinski definition) is 1. The fraction of sp³-hybridized carbons (Fsp3) is 0.125. The van der Waals surface area contributed by atoms with E-state index < -0.39 is 0 Å². The van der Waals surface area contributed by atoms with E-state index >= 15 is 0 Å². The highest BCUT2D eigenvalue weighted by molar-refractivity contribution is 9.08. The molecule has 0 bridgehead atoms. The van der Waals surface area contributed by atoms with Crippen LogP contribution in [-0.4, -0.2) is 6.29 Å². The summed E-state index contributed by atoms with van der Waals surface area (Å²) in [6, 6.07) is 4.15. The number of aldehydes is 1. The molecule has 0 heterocycles. The molecule has 0 atom stereocenters. The van der Waals surface area contributed by atoms with Gasteiger partial charge in [-0.3, -0.25) is 4.79 Å². The Morgan fingerprint density at radius 2 is 2.27 bits per heavy atom. The summed E-state index contributed by atoms with van der Waals surface area (Å²) >= 11 is 3.19. The van der Waals surface area contributed by atoms with E-state index in [1.807, 2.05) is 0 Å². The lowest BCUT2D eigenvalue weighted by Crippen LogP contribution is -1.89. The van der Waals surface area contributed by atoms with E-state index in [1.54, 1.807) is 6.07 Å². The zero-order chi connectivity index (χ0) is 8.27. The van der Waals surface area contributed by atoms with Gasteiger partial charge in [0.1, 0.15) is 12.1 Å². The highest BCUT2D eigenvalue weighted by atomic mass is 79.9. The van der Waals surface area contributed by atoms with Crippen LogP contribution in [0.25, 0.3) is 0 Å². The second-order valence-corrected chi connectivity index (χ2v) is 2.66. The first kappa shape index (κ1) is 8.40. The molecule has 0 N–H and O–H groups in total. The van der Waals surface area contributed by atoms with E-state index in [2.05, 4.69) is 15.9 Å². The molecule has 1 aromatic rings. The number of carbonyl (C=O) groups excluding carboxylic acids is 1. The van der Waals surface area contributed by atoms with E-state index in [4.69, 9.17) is 0 Å². The Balaban J connectivity index is 3.16. The van der Waals surface area contributed by atoms with Crippen LogP contribution >= 0.6 is 15.9 Å². The SMILES string of the molecule is O=Cc1cc(F)ccc1CBr. The first-order valence-electron chi connectivity index (χ1n) is 3.07. The van der Waals surface area contributed by atoms with Crippen LogP contribution < -0.4 is 0 Å². The van der Waals surface area contributed by atoms with Gasteiger partial charge in [-0.05, 0) is 17.7 Å². The van der Waals surface area contributed by atoms with E-state index in [1.165, 1.54) is 12.1 Å². The summed E-state index contributed by atoms with van der Waals surface area (Å²) in [5.41, 5.74) is 1.21. The summed E-state index contributed by atoms with van der Waals surface area (Å²) in [7, 11) is 0. The van der Waals surface area contributed by atoms with Crippen molar-refractivity contribution >= 4 is 22.2 Å². The predicted octanol–water partition coefficient (Wildman–Crippen LogP) is 2.53. The van der Waals surface area contributed by atoms with Crippen LogP contribution in [0.3, 0.4) is 0 Å². The fourth-order valence-electron chi connectivity index (χ4n) is 0.797. The van der Waals surface area contributed by atoms with Crippen LogP contribution in [0, 0.1) is 5.82 Å². The topological polar surface area (TPSA) is 17.1 Å². The molecule has 0 aliphatic carbocycles. The predicted molar refractivity (Wildman–Crippen MR) is 44.4 cm³/mol. The van der Waals surface area contributed by atoms with E-state index in [-0.39, 0.29) is 5.82 Å². The zero-order valence-corrected chi connectivity index (χ0v) is 7.27.